The summed E-state index contributed by atoms with van der Waals surface area (Å²) in [7, 11) is 0. The number of carbonyl (C=O) groups excluding carboxylic acids is 3. The van der Waals surface area contributed by atoms with Crippen molar-refractivity contribution in [3.63, 3.8) is 0 Å². The van der Waals surface area contributed by atoms with Gasteiger partial charge in [-0.2, -0.15) is 0 Å². The van der Waals surface area contributed by atoms with Crippen LogP contribution in [0.15, 0.2) is 97.3 Å². The minimum absolute atomic E-state index is 0.00789. The maximum atomic E-state index is 15.0. The highest BCUT2D eigenvalue weighted by Gasteiger charge is 2.42. The highest BCUT2D eigenvalue weighted by Crippen LogP contribution is 2.40. The first kappa shape index (κ1) is 45.1. The summed E-state index contributed by atoms with van der Waals surface area (Å²) in [6.07, 6.45) is 2.37. The molecule has 0 bridgehead atoms. The van der Waals surface area contributed by atoms with E-state index < -0.39 is 63.9 Å². The molecule has 0 saturated heterocycles. The van der Waals surface area contributed by atoms with Crippen LogP contribution in [-0.4, -0.2) is 28.6 Å². The molecular formula is C46H48F4O8. The topological polar surface area (TPSA) is 108 Å². The Morgan fingerprint density at radius 3 is 1.76 bits per heavy atom. The Kier molecular flexibility index (Phi) is 14.3. The molecule has 308 valence electrons. The van der Waals surface area contributed by atoms with Crippen LogP contribution < -0.4 is 9.47 Å². The summed E-state index contributed by atoms with van der Waals surface area (Å²) in [5, 5.41) is 11.4. The van der Waals surface area contributed by atoms with Crippen molar-refractivity contribution in [1.29, 1.82) is 0 Å². The fraction of sp³-hybridized carbons (Fsp3) is 0.326. The van der Waals surface area contributed by atoms with E-state index in [2.05, 4.69) is 6.58 Å². The molecule has 1 unspecified atom stereocenters. The summed E-state index contributed by atoms with van der Waals surface area (Å²) >= 11 is 0. The Bertz CT molecular complexity index is 2220. The first-order valence-electron chi connectivity index (χ1n) is 18.7. The number of benzene rings is 4. The van der Waals surface area contributed by atoms with Crippen LogP contribution in [0.3, 0.4) is 0 Å². The van der Waals surface area contributed by atoms with Gasteiger partial charge in [-0.15, -0.1) is 0 Å². The van der Waals surface area contributed by atoms with Gasteiger partial charge in [0.1, 0.15) is 46.1 Å². The third kappa shape index (κ3) is 10.9. The van der Waals surface area contributed by atoms with Gasteiger partial charge in [0, 0.05) is 23.3 Å². The number of carbonyl (C=O) groups is 3. The molecule has 0 aliphatic heterocycles. The standard InChI is InChI=1S/C46H48F4O8/c1-10-13-27(4)55-42(53)44(5,6)26-45(7,8)43(54)57-39-21-15-28(32-18-16-30(47)24-36(32)49)22-34(39)40(51)56-38-20-14-29(33-19-17-31(48)25-37(33)50)23-35(38)41(52)58-46(9,11-2)12-3/h10,13-25,41,52H,4,11-12,26H2,1-3,5-9H3/b13-10-. The molecule has 0 aliphatic carbocycles. The summed E-state index contributed by atoms with van der Waals surface area (Å²) in [5.74, 6) is -6.45. The lowest BCUT2D eigenvalue weighted by molar-refractivity contribution is -0.186. The van der Waals surface area contributed by atoms with Crippen LogP contribution in [0.4, 0.5) is 17.6 Å². The van der Waals surface area contributed by atoms with E-state index in [4.69, 9.17) is 18.9 Å². The summed E-state index contributed by atoms with van der Waals surface area (Å²) in [6, 6.07) is 13.7. The smallest absolute Gasteiger partial charge is 0.347 e. The number of aliphatic hydroxyl groups is 1. The van der Waals surface area contributed by atoms with Crippen molar-refractivity contribution in [2.75, 3.05) is 0 Å². The van der Waals surface area contributed by atoms with E-state index in [0.717, 1.165) is 12.1 Å². The van der Waals surface area contributed by atoms with Crippen molar-refractivity contribution >= 4 is 17.9 Å². The van der Waals surface area contributed by atoms with Gasteiger partial charge in [-0.05, 0) is 127 Å². The lowest BCUT2D eigenvalue weighted by atomic mass is 9.75. The first-order valence-corrected chi connectivity index (χ1v) is 18.7. The Labute approximate surface area is 336 Å². The van der Waals surface area contributed by atoms with Crippen molar-refractivity contribution < 1.29 is 56.0 Å². The van der Waals surface area contributed by atoms with Gasteiger partial charge in [0.25, 0.3) is 0 Å². The number of hydrogen-bond acceptors (Lipinski definition) is 8. The van der Waals surface area contributed by atoms with E-state index in [1.807, 2.05) is 13.8 Å². The number of hydrogen-bond donors (Lipinski definition) is 1. The minimum Gasteiger partial charge on any atom is -0.427 e. The summed E-state index contributed by atoms with van der Waals surface area (Å²) in [6.45, 7) is 17.2. The number of esters is 3. The second-order valence-electron chi connectivity index (χ2n) is 15.4. The van der Waals surface area contributed by atoms with Gasteiger partial charge in [0.05, 0.1) is 22.0 Å². The molecule has 4 rings (SSSR count). The molecule has 12 heteroatoms. The van der Waals surface area contributed by atoms with Gasteiger partial charge in [-0.3, -0.25) is 9.59 Å². The highest BCUT2D eigenvalue weighted by molar-refractivity contribution is 5.97. The number of aliphatic hydroxyl groups excluding tert-OH is 1. The van der Waals surface area contributed by atoms with E-state index >= 15 is 4.39 Å². The molecular weight excluding hydrogens is 756 g/mol. The molecule has 0 aliphatic rings. The van der Waals surface area contributed by atoms with Gasteiger partial charge in [0.2, 0.25) is 0 Å². The maximum absolute atomic E-state index is 15.0. The van der Waals surface area contributed by atoms with Gasteiger partial charge in [-0.25, -0.2) is 22.4 Å². The Hall–Kier alpha value is -5.59. The predicted molar refractivity (Wildman–Crippen MR) is 211 cm³/mol. The molecule has 0 amide bonds. The van der Waals surface area contributed by atoms with Crippen LogP contribution in [0.25, 0.3) is 22.3 Å². The van der Waals surface area contributed by atoms with Crippen molar-refractivity contribution in [2.24, 2.45) is 10.8 Å². The predicted octanol–water partition coefficient (Wildman–Crippen LogP) is 11.4. The molecule has 1 atom stereocenters. The molecule has 0 spiro atoms. The number of allylic oxidation sites excluding steroid dienone is 2. The summed E-state index contributed by atoms with van der Waals surface area (Å²) in [4.78, 5) is 41.1. The lowest BCUT2D eigenvalue weighted by Crippen LogP contribution is -2.38. The van der Waals surface area contributed by atoms with Crippen LogP contribution >= 0.6 is 0 Å². The molecule has 0 saturated carbocycles. The zero-order valence-electron chi connectivity index (χ0n) is 33.8. The zero-order valence-corrected chi connectivity index (χ0v) is 33.8. The Balaban J connectivity index is 1.78. The molecule has 0 aromatic heterocycles. The number of rotatable bonds is 16. The van der Waals surface area contributed by atoms with Crippen LogP contribution in [0.5, 0.6) is 11.5 Å². The van der Waals surface area contributed by atoms with E-state index in [0.29, 0.717) is 25.0 Å². The quantitative estimate of drug-likeness (QED) is 0.0298. The molecule has 0 radical (unpaired) electrons. The van der Waals surface area contributed by atoms with Crippen LogP contribution in [0, 0.1) is 34.1 Å². The van der Waals surface area contributed by atoms with Crippen LogP contribution in [-0.2, 0) is 19.1 Å². The second kappa shape index (κ2) is 18.3. The largest absolute Gasteiger partial charge is 0.427 e. The second-order valence-corrected chi connectivity index (χ2v) is 15.4. The lowest BCUT2D eigenvalue weighted by Gasteiger charge is -2.31. The third-order valence-electron chi connectivity index (χ3n) is 9.82. The van der Waals surface area contributed by atoms with Crippen molar-refractivity contribution in [3.8, 4) is 33.8 Å². The van der Waals surface area contributed by atoms with Gasteiger partial charge in [0.15, 0.2) is 6.29 Å². The average Bonchev–Trinajstić information content (AvgIpc) is 3.14. The average molecular weight is 805 g/mol. The van der Waals surface area contributed by atoms with E-state index in [1.54, 1.807) is 47.6 Å². The molecule has 0 fully saturated rings. The SMILES string of the molecule is C=C(/C=C\C)OC(=O)C(C)(C)CC(C)(C)C(=O)Oc1ccc(-c2ccc(F)cc2F)cc1C(=O)Oc1ccc(-c2ccc(F)cc2F)cc1C(O)OC(C)(CC)CC. The zero-order chi connectivity index (χ0) is 43.2. The summed E-state index contributed by atoms with van der Waals surface area (Å²) < 4.78 is 80.6. The molecule has 4 aromatic carbocycles. The monoisotopic (exact) mass is 804 g/mol. The first-order chi connectivity index (χ1) is 27.1. The molecule has 1 N–H and O–H groups in total. The van der Waals surface area contributed by atoms with Gasteiger partial charge >= 0.3 is 17.9 Å². The Morgan fingerprint density at radius 2 is 1.24 bits per heavy atom. The highest BCUT2D eigenvalue weighted by atomic mass is 19.1. The van der Waals surface area contributed by atoms with Crippen LogP contribution in [0.2, 0.25) is 0 Å². The van der Waals surface area contributed by atoms with Crippen molar-refractivity contribution in [1.82, 2.24) is 0 Å². The number of halogens is 4. The van der Waals surface area contributed by atoms with Crippen molar-refractivity contribution in [2.45, 2.75) is 86.5 Å². The van der Waals surface area contributed by atoms with Gasteiger partial charge < -0.3 is 24.1 Å². The van der Waals surface area contributed by atoms with Crippen molar-refractivity contribution in [3.05, 3.63) is 132 Å². The normalized spacial score (nSPS) is 12.6. The molecule has 4 aromatic rings. The Morgan fingerprint density at radius 1 is 0.724 bits per heavy atom. The van der Waals surface area contributed by atoms with Crippen LogP contribution in [0.1, 0.15) is 96.9 Å². The molecule has 0 heterocycles. The maximum Gasteiger partial charge on any atom is 0.347 e. The fourth-order valence-electron chi connectivity index (χ4n) is 6.26. The summed E-state index contributed by atoms with van der Waals surface area (Å²) in [5.41, 5.74) is -3.62. The van der Waals surface area contributed by atoms with E-state index in [9.17, 15) is 32.7 Å². The van der Waals surface area contributed by atoms with E-state index in [1.165, 1.54) is 54.6 Å². The fourth-order valence-corrected chi connectivity index (χ4v) is 6.26. The minimum atomic E-state index is -1.71. The molecule has 8 nitrogen and oxygen atoms in total. The third-order valence-corrected chi connectivity index (χ3v) is 9.82. The molecule has 58 heavy (non-hydrogen) atoms. The number of ether oxygens (including phenoxy) is 4. The van der Waals surface area contributed by atoms with E-state index in [-0.39, 0.29) is 57.1 Å². The van der Waals surface area contributed by atoms with Gasteiger partial charge in [-0.1, -0.05) is 38.6 Å².